The molecule has 0 aliphatic heterocycles. The molecule has 2 fully saturated rings. The van der Waals surface area contributed by atoms with Crippen LogP contribution in [0, 0.1) is 23.7 Å². The van der Waals surface area contributed by atoms with Gasteiger partial charge in [0.2, 0.25) is 5.91 Å². The van der Waals surface area contributed by atoms with Gasteiger partial charge in [0.1, 0.15) is 5.75 Å². The van der Waals surface area contributed by atoms with Crippen LogP contribution in [0.25, 0.3) is 0 Å². The van der Waals surface area contributed by atoms with Crippen molar-refractivity contribution in [3.8, 4) is 5.75 Å². The van der Waals surface area contributed by atoms with E-state index in [9.17, 15) is 39.3 Å². The molecule has 0 radical (unpaired) electrons. The van der Waals surface area contributed by atoms with Crippen LogP contribution in [0.1, 0.15) is 46.3 Å². The quantitative estimate of drug-likeness (QED) is 0.311. The number of amides is 1. The number of benzene rings is 3. The van der Waals surface area contributed by atoms with E-state index in [0.717, 1.165) is 11.1 Å². The van der Waals surface area contributed by atoms with E-state index in [0.29, 0.717) is 24.3 Å². The van der Waals surface area contributed by atoms with Gasteiger partial charge in [0.25, 0.3) is 0 Å². The molecule has 6 rings (SSSR count). The van der Waals surface area contributed by atoms with E-state index in [1.54, 1.807) is 19.1 Å². The van der Waals surface area contributed by atoms with Crippen molar-refractivity contribution in [2.75, 3.05) is 4.90 Å². The molecule has 226 valence electrons. The third kappa shape index (κ3) is 4.36. The molecule has 3 aliphatic carbocycles. The molecule has 3 aromatic carbocycles. The Hall–Kier alpha value is -4.67. The lowest BCUT2D eigenvalue weighted by Gasteiger charge is -2.52. The van der Waals surface area contributed by atoms with Gasteiger partial charge in [-0.3, -0.25) is 24.0 Å². The minimum absolute atomic E-state index is 0.129. The highest BCUT2D eigenvalue weighted by Crippen LogP contribution is 2.54. The van der Waals surface area contributed by atoms with Crippen LogP contribution in [-0.2, 0) is 32.3 Å². The molecular weight excluding hydrogens is 564 g/mol. The number of aromatic hydroxyl groups is 1. The van der Waals surface area contributed by atoms with E-state index in [1.165, 1.54) is 0 Å². The van der Waals surface area contributed by atoms with Gasteiger partial charge in [-0.05, 0) is 28.7 Å². The number of hydrogen-bond donors (Lipinski definition) is 4. The molecule has 0 aromatic heterocycles. The maximum Gasteiger partial charge on any atom is 0.235 e. The molecule has 3 aliphatic rings. The fourth-order valence-corrected chi connectivity index (χ4v) is 7.43. The highest BCUT2D eigenvalue weighted by Gasteiger charge is 2.69. The van der Waals surface area contributed by atoms with Crippen LogP contribution in [0.3, 0.4) is 0 Å². The zero-order valence-electron chi connectivity index (χ0n) is 23.9. The maximum absolute atomic E-state index is 14.2. The number of fused-ring (bicyclic) bond motifs is 3. The van der Waals surface area contributed by atoms with Gasteiger partial charge in [-0.2, -0.15) is 0 Å². The Kier molecular flexibility index (Phi) is 7.22. The second-order valence-electron chi connectivity index (χ2n) is 12.0. The Morgan fingerprint density at radius 3 is 2.02 bits per heavy atom. The summed E-state index contributed by atoms with van der Waals surface area (Å²) in [5.74, 6) is -13.1. The summed E-state index contributed by atoms with van der Waals surface area (Å²) in [6.07, 6.45) is -2.23. The Balaban J connectivity index is 1.44. The molecule has 10 heteroatoms. The van der Waals surface area contributed by atoms with Crippen molar-refractivity contribution in [2.45, 2.75) is 44.1 Å². The second-order valence-corrected chi connectivity index (χ2v) is 12.0. The van der Waals surface area contributed by atoms with Gasteiger partial charge in [-0.15, -0.1) is 0 Å². The first kappa shape index (κ1) is 29.4. The number of nitrogens with two attached hydrogens (primary N) is 1. The van der Waals surface area contributed by atoms with Crippen molar-refractivity contribution in [1.29, 1.82) is 0 Å². The van der Waals surface area contributed by atoms with Crippen molar-refractivity contribution in [3.05, 3.63) is 95.1 Å². The Labute approximate surface area is 253 Å². The fraction of sp³-hybridized carbons (Fsp3) is 0.324. The molecule has 10 nitrogen and oxygen atoms in total. The standard InChI is InChI=1S/C34H32N2O8/c1-17-20-12-13-22(36(15-18-8-4-2-5-9-18)16-19-10-6-3-7-11-19)29(39)25(20)30(40)27-24(17)28(38)21-14-23(37)26(33(35)43)31(41)34(21,44)32(27)42/h2-13,17,21,24,26-28,38-39,44H,14-16H2,1H3,(H2,35,43). The van der Waals surface area contributed by atoms with Gasteiger partial charge >= 0.3 is 0 Å². The van der Waals surface area contributed by atoms with E-state index in [2.05, 4.69) is 0 Å². The van der Waals surface area contributed by atoms with Crippen LogP contribution in [0.2, 0.25) is 0 Å². The first-order chi connectivity index (χ1) is 21.0. The number of nitrogens with zero attached hydrogens (tertiary/aromatic N) is 1. The molecule has 44 heavy (non-hydrogen) atoms. The van der Waals surface area contributed by atoms with Crippen LogP contribution < -0.4 is 10.6 Å². The SMILES string of the molecule is CC1c2ccc(N(Cc3ccccc3)Cc3ccccc3)c(O)c2C(=O)C2C(=O)C3(O)C(=O)C(C(N)=O)C(=O)CC3C(O)C21. The summed E-state index contributed by atoms with van der Waals surface area (Å²) in [5, 5.41) is 34.7. The number of carbonyl (C=O) groups excluding carboxylic acids is 5. The lowest BCUT2D eigenvalue weighted by molar-refractivity contribution is -0.189. The molecular formula is C34H32N2O8. The van der Waals surface area contributed by atoms with Gasteiger partial charge in [0.05, 0.1) is 23.3 Å². The zero-order chi connectivity index (χ0) is 31.5. The van der Waals surface area contributed by atoms with Crippen molar-refractivity contribution in [1.82, 2.24) is 0 Å². The van der Waals surface area contributed by atoms with Crippen LogP contribution in [0.4, 0.5) is 5.69 Å². The third-order valence-corrected chi connectivity index (χ3v) is 9.61. The molecule has 2 saturated carbocycles. The highest BCUT2D eigenvalue weighted by molar-refractivity contribution is 6.31. The maximum atomic E-state index is 14.2. The van der Waals surface area contributed by atoms with Gasteiger partial charge in [-0.25, -0.2) is 0 Å². The highest BCUT2D eigenvalue weighted by atomic mass is 16.3. The number of Topliss-reactive ketones (excluding diaryl/α,β-unsaturated/α-hetero) is 4. The topological polar surface area (TPSA) is 175 Å². The predicted molar refractivity (Wildman–Crippen MR) is 157 cm³/mol. The van der Waals surface area contributed by atoms with E-state index >= 15 is 0 Å². The Bertz CT molecular complexity index is 1650. The molecule has 3 aromatic rings. The predicted octanol–water partition coefficient (Wildman–Crippen LogP) is 2.07. The van der Waals surface area contributed by atoms with Crippen molar-refractivity contribution in [2.24, 2.45) is 29.4 Å². The molecule has 1 amide bonds. The van der Waals surface area contributed by atoms with Crippen molar-refractivity contribution >= 4 is 34.7 Å². The smallest absolute Gasteiger partial charge is 0.235 e. The van der Waals surface area contributed by atoms with E-state index in [1.807, 2.05) is 65.6 Å². The monoisotopic (exact) mass is 596 g/mol. The minimum Gasteiger partial charge on any atom is -0.505 e. The summed E-state index contributed by atoms with van der Waals surface area (Å²) in [6, 6.07) is 22.5. The molecule has 0 bridgehead atoms. The largest absolute Gasteiger partial charge is 0.505 e. The summed E-state index contributed by atoms with van der Waals surface area (Å²) >= 11 is 0. The first-order valence-electron chi connectivity index (χ1n) is 14.5. The number of phenols is 1. The number of aliphatic hydroxyl groups is 2. The normalized spacial score (nSPS) is 29.4. The number of anilines is 1. The van der Waals surface area contributed by atoms with Gasteiger partial charge < -0.3 is 26.0 Å². The molecule has 7 atom stereocenters. The van der Waals surface area contributed by atoms with Gasteiger partial charge in [0.15, 0.2) is 34.7 Å². The molecule has 0 heterocycles. The number of hydrogen-bond acceptors (Lipinski definition) is 9. The summed E-state index contributed by atoms with van der Waals surface area (Å²) in [7, 11) is 0. The van der Waals surface area contributed by atoms with Crippen LogP contribution in [-0.4, -0.2) is 56.1 Å². The lowest BCUT2D eigenvalue weighted by Crippen LogP contribution is -2.72. The van der Waals surface area contributed by atoms with Crippen molar-refractivity contribution in [3.63, 3.8) is 0 Å². The Morgan fingerprint density at radius 1 is 0.909 bits per heavy atom. The number of primary amides is 1. The molecule has 7 unspecified atom stereocenters. The van der Waals surface area contributed by atoms with Gasteiger partial charge in [0, 0.05) is 31.3 Å². The lowest BCUT2D eigenvalue weighted by atomic mass is 9.50. The Morgan fingerprint density at radius 2 is 1.48 bits per heavy atom. The molecule has 0 spiro atoms. The minimum atomic E-state index is -2.96. The fourth-order valence-electron chi connectivity index (χ4n) is 7.43. The van der Waals surface area contributed by atoms with E-state index in [4.69, 9.17) is 5.73 Å². The average Bonchev–Trinajstić information content (AvgIpc) is 3.00. The summed E-state index contributed by atoms with van der Waals surface area (Å²) < 4.78 is 0. The number of carbonyl (C=O) groups is 5. The van der Waals surface area contributed by atoms with Crippen LogP contribution in [0.5, 0.6) is 5.75 Å². The molecule has 0 saturated heterocycles. The number of phenolic OH excluding ortho intramolecular Hbond substituents is 1. The zero-order valence-corrected chi connectivity index (χ0v) is 23.9. The number of ketones is 4. The number of aliphatic hydroxyl groups excluding tert-OH is 1. The van der Waals surface area contributed by atoms with Crippen LogP contribution in [0.15, 0.2) is 72.8 Å². The van der Waals surface area contributed by atoms with Gasteiger partial charge in [-0.1, -0.05) is 73.7 Å². The van der Waals surface area contributed by atoms with Crippen molar-refractivity contribution < 1.29 is 39.3 Å². The van der Waals surface area contributed by atoms with Crippen LogP contribution >= 0.6 is 0 Å². The first-order valence-corrected chi connectivity index (χ1v) is 14.5. The molecule has 5 N–H and O–H groups in total. The summed E-state index contributed by atoms with van der Waals surface area (Å²) in [4.78, 5) is 67.9. The van der Waals surface area contributed by atoms with E-state index < -0.39 is 76.8 Å². The summed E-state index contributed by atoms with van der Waals surface area (Å²) in [6.45, 7) is 2.45. The second kappa shape index (κ2) is 10.8. The van der Waals surface area contributed by atoms with E-state index in [-0.39, 0.29) is 11.3 Å². The summed E-state index contributed by atoms with van der Waals surface area (Å²) in [5.41, 5.74) is 4.81. The number of rotatable bonds is 6. The average molecular weight is 597 g/mol. The third-order valence-electron chi connectivity index (χ3n) is 9.61.